The molecular weight excluding hydrogens is 496 g/mol. The molecule has 4 aromatic rings. The lowest BCUT2D eigenvalue weighted by Crippen LogP contribution is -2.16. The lowest BCUT2D eigenvalue weighted by atomic mass is 9.86. The normalized spacial score (nSPS) is 10.7. The largest absolute Gasteiger partial charge is 0.392 e. The van der Waals surface area contributed by atoms with Crippen LogP contribution in [0.2, 0.25) is 0 Å². The first-order valence-electron chi connectivity index (χ1n) is 12.5. The molecule has 0 saturated heterocycles. The molecule has 0 heterocycles. The van der Waals surface area contributed by atoms with Crippen LogP contribution in [0.15, 0.2) is 97.1 Å². The van der Waals surface area contributed by atoms with Crippen molar-refractivity contribution in [3.63, 3.8) is 0 Å². The highest BCUT2D eigenvalue weighted by Gasteiger charge is 2.20. The highest BCUT2D eigenvalue weighted by Crippen LogP contribution is 2.29. The lowest BCUT2D eigenvalue weighted by Gasteiger charge is -2.21. The molecule has 0 aromatic heterocycles. The summed E-state index contributed by atoms with van der Waals surface area (Å²) in [6.45, 7) is 3.28. The van der Waals surface area contributed by atoms with Crippen LogP contribution in [0.3, 0.4) is 0 Å². The van der Waals surface area contributed by atoms with E-state index in [2.05, 4.69) is 24.3 Å². The Morgan fingerprint density at radius 1 is 0.550 bits per heavy atom. The van der Waals surface area contributed by atoms with Gasteiger partial charge in [-0.3, -0.25) is 4.79 Å². The third kappa shape index (κ3) is 7.28. The van der Waals surface area contributed by atoms with Crippen LogP contribution in [0.5, 0.6) is 0 Å². The molecule has 1 atom stereocenters. The molecule has 6 heteroatoms. The van der Waals surface area contributed by atoms with E-state index < -0.39 is 6.10 Å². The van der Waals surface area contributed by atoms with Gasteiger partial charge in [0.15, 0.2) is 0 Å². The van der Waals surface area contributed by atoms with E-state index in [-0.39, 0.29) is 17.6 Å². The van der Waals surface area contributed by atoms with Gasteiger partial charge in [-0.2, -0.15) is 21.0 Å². The number of carbonyl (C=O) groups excluding carboxylic acids is 1. The van der Waals surface area contributed by atoms with Crippen molar-refractivity contribution in [2.45, 2.75) is 31.8 Å². The summed E-state index contributed by atoms with van der Waals surface area (Å²) < 4.78 is 0. The average molecular weight is 523 g/mol. The monoisotopic (exact) mass is 522 g/mol. The molecule has 0 saturated carbocycles. The fraction of sp³-hybridized carbons (Fsp3) is 0.147. The van der Waals surface area contributed by atoms with Crippen molar-refractivity contribution in [1.82, 2.24) is 0 Å². The van der Waals surface area contributed by atoms with Crippen LogP contribution in [-0.2, 0) is 4.79 Å². The van der Waals surface area contributed by atoms with E-state index in [9.17, 15) is 9.90 Å². The van der Waals surface area contributed by atoms with E-state index >= 15 is 0 Å². The quantitative estimate of drug-likeness (QED) is 0.326. The third-order valence-electron chi connectivity index (χ3n) is 6.43. The number of rotatable bonds is 6. The Morgan fingerprint density at radius 2 is 0.800 bits per heavy atom. The average Bonchev–Trinajstić information content (AvgIpc) is 2.99. The fourth-order valence-electron chi connectivity index (χ4n) is 4.44. The zero-order valence-electron chi connectivity index (χ0n) is 22.1. The van der Waals surface area contributed by atoms with Crippen LogP contribution in [0.25, 0.3) is 0 Å². The first-order chi connectivity index (χ1) is 19.3. The second-order valence-corrected chi connectivity index (χ2v) is 9.20. The van der Waals surface area contributed by atoms with Crippen molar-refractivity contribution in [1.29, 1.82) is 21.0 Å². The van der Waals surface area contributed by atoms with Crippen LogP contribution in [0.4, 0.5) is 0 Å². The number of carbonyl (C=O) groups is 1. The van der Waals surface area contributed by atoms with Crippen molar-refractivity contribution in [3.8, 4) is 24.3 Å². The number of nitrogens with zero attached hydrogens (tertiary/aromatic N) is 4. The molecule has 0 radical (unpaired) electrons. The molecule has 0 aliphatic heterocycles. The van der Waals surface area contributed by atoms with E-state index in [1.54, 1.807) is 86.6 Å². The van der Waals surface area contributed by atoms with Gasteiger partial charge in [-0.25, -0.2) is 0 Å². The summed E-state index contributed by atoms with van der Waals surface area (Å²) in [4.78, 5) is 11.9. The van der Waals surface area contributed by atoms with Gasteiger partial charge in [0.2, 0.25) is 0 Å². The Kier molecular flexibility index (Phi) is 10.1. The van der Waals surface area contributed by atoms with Crippen LogP contribution in [0.1, 0.15) is 70.2 Å². The summed E-state index contributed by atoms with van der Waals surface area (Å²) in [6.07, 6.45) is -0.559. The van der Waals surface area contributed by atoms with Crippen molar-refractivity contribution >= 4 is 5.78 Å². The van der Waals surface area contributed by atoms with Crippen LogP contribution < -0.4 is 0 Å². The standard InChI is InChI=1S/C17H14N2O.C17H12N2O/c2*1-12(20)17(15-6-2-13(10-18)3-7-15)16-8-4-14(11-19)5-9-16/h2-9,12,17,20H,1H3;2-9,17H,1H3/t12-;/m0./s1. The first kappa shape index (κ1) is 29.0. The number of aliphatic hydroxyl groups is 1. The van der Waals surface area contributed by atoms with Crippen LogP contribution in [0, 0.1) is 45.3 Å². The molecule has 0 amide bonds. The fourth-order valence-corrected chi connectivity index (χ4v) is 4.44. The molecule has 4 aromatic carbocycles. The van der Waals surface area contributed by atoms with Gasteiger partial charge in [0.1, 0.15) is 5.78 Å². The molecule has 0 aliphatic rings. The van der Waals surface area contributed by atoms with Gasteiger partial charge in [-0.15, -0.1) is 0 Å². The Balaban J connectivity index is 0.000000220. The number of hydrogen-bond donors (Lipinski definition) is 1. The SMILES string of the molecule is CC(=O)C(c1ccc(C#N)cc1)c1ccc(C#N)cc1.C[C@H](O)C(c1ccc(C#N)cc1)c1ccc(C#N)cc1. The third-order valence-corrected chi connectivity index (χ3v) is 6.43. The minimum absolute atomic E-state index is 0.0272. The number of nitriles is 4. The number of hydrogen-bond acceptors (Lipinski definition) is 6. The van der Waals surface area contributed by atoms with Gasteiger partial charge < -0.3 is 5.11 Å². The molecule has 0 spiro atoms. The first-order valence-corrected chi connectivity index (χ1v) is 12.5. The molecular formula is C34H26N4O2. The molecule has 194 valence electrons. The van der Waals surface area contributed by atoms with Crippen molar-refractivity contribution in [2.75, 3.05) is 0 Å². The Labute approximate surface area is 234 Å². The molecule has 6 nitrogen and oxygen atoms in total. The van der Waals surface area contributed by atoms with Gasteiger partial charge in [0.25, 0.3) is 0 Å². The van der Waals surface area contributed by atoms with Gasteiger partial charge in [-0.05, 0) is 84.6 Å². The number of Topliss-reactive ketones (excluding diaryl/α,β-unsaturated/α-hetero) is 1. The summed E-state index contributed by atoms with van der Waals surface area (Å²) in [6, 6.07) is 36.7. The molecule has 0 fully saturated rings. The van der Waals surface area contributed by atoms with E-state index in [4.69, 9.17) is 21.0 Å². The van der Waals surface area contributed by atoms with Crippen molar-refractivity contribution < 1.29 is 9.90 Å². The van der Waals surface area contributed by atoms with Gasteiger partial charge in [0, 0.05) is 5.92 Å². The molecule has 40 heavy (non-hydrogen) atoms. The second kappa shape index (κ2) is 13.9. The number of ketones is 1. The topological polar surface area (TPSA) is 132 Å². The maximum atomic E-state index is 11.9. The lowest BCUT2D eigenvalue weighted by molar-refractivity contribution is -0.117. The smallest absolute Gasteiger partial charge is 0.141 e. The molecule has 0 unspecified atom stereocenters. The highest BCUT2D eigenvalue weighted by atomic mass is 16.3. The summed E-state index contributed by atoms with van der Waals surface area (Å²) in [7, 11) is 0. The Bertz CT molecular complexity index is 1500. The maximum Gasteiger partial charge on any atom is 0.141 e. The predicted octanol–water partition coefficient (Wildman–Crippen LogP) is 6.09. The maximum absolute atomic E-state index is 11.9. The zero-order chi connectivity index (χ0) is 29.1. The highest BCUT2D eigenvalue weighted by molar-refractivity contribution is 5.87. The summed E-state index contributed by atoms with van der Waals surface area (Å²) in [5, 5.41) is 45.3. The number of benzene rings is 4. The summed E-state index contributed by atoms with van der Waals surface area (Å²) in [5.74, 6) is -0.509. The van der Waals surface area contributed by atoms with Crippen molar-refractivity contribution in [2.24, 2.45) is 0 Å². The predicted molar refractivity (Wildman–Crippen MR) is 151 cm³/mol. The van der Waals surface area contributed by atoms with E-state index in [1.165, 1.54) is 0 Å². The van der Waals surface area contributed by atoms with Crippen LogP contribution >= 0.6 is 0 Å². The Morgan fingerprint density at radius 3 is 1.00 bits per heavy atom. The van der Waals surface area contributed by atoms with E-state index in [0.29, 0.717) is 22.3 Å². The van der Waals surface area contributed by atoms with Gasteiger partial charge in [0.05, 0.1) is 58.6 Å². The summed E-state index contributed by atoms with van der Waals surface area (Å²) >= 11 is 0. The zero-order valence-corrected chi connectivity index (χ0v) is 22.1. The minimum atomic E-state index is -0.559. The summed E-state index contributed by atoms with van der Waals surface area (Å²) in [5.41, 5.74) is 5.91. The van der Waals surface area contributed by atoms with E-state index in [1.807, 2.05) is 24.3 Å². The Hall–Kier alpha value is -5.53. The van der Waals surface area contributed by atoms with Crippen molar-refractivity contribution in [3.05, 3.63) is 142 Å². The van der Waals surface area contributed by atoms with Gasteiger partial charge >= 0.3 is 0 Å². The second-order valence-electron chi connectivity index (χ2n) is 9.20. The minimum Gasteiger partial charge on any atom is -0.392 e. The molecule has 0 bridgehead atoms. The number of aliphatic hydroxyl groups excluding tert-OH is 1. The van der Waals surface area contributed by atoms with E-state index in [0.717, 1.165) is 22.3 Å². The molecule has 1 N–H and O–H groups in total. The molecule has 0 aliphatic carbocycles. The molecule has 4 rings (SSSR count). The van der Waals surface area contributed by atoms with Crippen LogP contribution in [-0.4, -0.2) is 17.0 Å². The van der Waals surface area contributed by atoms with Gasteiger partial charge in [-0.1, -0.05) is 48.5 Å².